The van der Waals surface area contributed by atoms with E-state index in [1.54, 1.807) is 17.2 Å². The summed E-state index contributed by atoms with van der Waals surface area (Å²) in [7, 11) is 0. The Labute approximate surface area is 149 Å². The lowest BCUT2D eigenvalue weighted by atomic mass is 10.1. The first-order valence-corrected chi connectivity index (χ1v) is 9.00. The fourth-order valence-electron chi connectivity index (χ4n) is 2.28. The molecular formula is C18H17ClN2O2S. The maximum Gasteiger partial charge on any atom is 0.230 e. The molecule has 6 heteroatoms. The van der Waals surface area contributed by atoms with Crippen molar-refractivity contribution < 1.29 is 9.21 Å². The fraction of sp³-hybridized carbons (Fsp3) is 0.222. The van der Waals surface area contributed by atoms with Crippen molar-refractivity contribution in [2.45, 2.75) is 19.9 Å². The minimum atomic E-state index is -0.0637. The van der Waals surface area contributed by atoms with Gasteiger partial charge in [-0.25, -0.2) is 4.98 Å². The van der Waals surface area contributed by atoms with Gasteiger partial charge in [0.1, 0.15) is 5.76 Å². The molecule has 0 aliphatic heterocycles. The van der Waals surface area contributed by atoms with Crippen LogP contribution >= 0.6 is 22.9 Å². The first-order chi connectivity index (χ1) is 11.7. The molecule has 0 saturated carbocycles. The number of aromatic nitrogens is 1. The van der Waals surface area contributed by atoms with Crippen molar-refractivity contribution in [2.75, 3.05) is 10.8 Å². The van der Waals surface area contributed by atoms with Crippen molar-refractivity contribution in [2.24, 2.45) is 0 Å². The molecule has 0 fully saturated rings. The maximum absolute atomic E-state index is 12.4. The summed E-state index contributed by atoms with van der Waals surface area (Å²) in [5.41, 5.74) is 3.09. The second kappa shape index (κ2) is 7.64. The third kappa shape index (κ3) is 3.86. The van der Waals surface area contributed by atoms with Gasteiger partial charge in [-0.05, 0) is 19.1 Å². The van der Waals surface area contributed by atoms with Gasteiger partial charge in [0.2, 0.25) is 5.91 Å². The zero-order chi connectivity index (χ0) is 16.9. The molecule has 0 spiro atoms. The van der Waals surface area contributed by atoms with Gasteiger partial charge in [0.15, 0.2) is 5.13 Å². The highest BCUT2D eigenvalue weighted by atomic mass is 35.5. The number of carbonyl (C=O) groups excluding carboxylic acids is 1. The molecule has 4 nitrogen and oxygen atoms in total. The van der Waals surface area contributed by atoms with Gasteiger partial charge in [0, 0.05) is 23.2 Å². The topological polar surface area (TPSA) is 46.3 Å². The molecular weight excluding hydrogens is 344 g/mol. The highest BCUT2D eigenvalue weighted by Crippen LogP contribution is 2.29. The molecule has 0 bridgehead atoms. The molecule has 2 heterocycles. The highest BCUT2D eigenvalue weighted by Gasteiger charge is 2.20. The van der Waals surface area contributed by atoms with E-state index in [-0.39, 0.29) is 18.2 Å². The molecule has 3 rings (SSSR count). The second-order valence-electron chi connectivity index (χ2n) is 5.38. The smallest absolute Gasteiger partial charge is 0.230 e. The number of thiazole rings is 1. The molecule has 124 valence electrons. The van der Waals surface area contributed by atoms with E-state index in [0.717, 1.165) is 11.3 Å². The first kappa shape index (κ1) is 16.7. The lowest BCUT2D eigenvalue weighted by Crippen LogP contribution is -2.30. The maximum atomic E-state index is 12.4. The monoisotopic (exact) mass is 360 g/mol. The van der Waals surface area contributed by atoms with Crippen LogP contribution in [0.2, 0.25) is 0 Å². The van der Waals surface area contributed by atoms with Crippen LogP contribution in [-0.2, 0) is 11.3 Å². The Kier molecular flexibility index (Phi) is 5.33. The average Bonchev–Trinajstić information content (AvgIpc) is 3.25. The van der Waals surface area contributed by atoms with Crippen LogP contribution in [0.1, 0.15) is 17.7 Å². The summed E-state index contributed by atoms with van der Waals surface area (Å²) in [5.74, 6) is 0.931. The van der Waals surface area contributed by atoms with Crippen LogP contribution in [0.4, 0.5) is 5.13 Å². The molecule has 24 heavy (non-hydrogen) atoms. The normalized spacial score (nSPS) is 10.8. The van der Waals surface area contributed by atoms with E-state index in [2.05, 4.69) is 4.98 Å². The van der Waals surface area contributed by atoms with Gasteiger partial charge in [0.05, 0.1) is 18.5 Å². The standard InChI is InChI=1S/C18H17ClN2O2S/c1-13-4-6-14(7-5-13)16-12-24-18(20-16)21(17(22)8-9-19)11-15-3-2-10-23-15/h2-7,10,12H,8-9,11H2,1H3. The van der Waals surface area contributed by atoms with Crippen molar-refractivity contribution in [1.82, 2.24) is 4.98 Å². The average molecular weight is 361 g/mol. The number of hydrogen-bond donors (Lipinski definition) is 0. The number of nitrogens with zero attached hydrogens (tertiary/aromatic N) is 2. The van der Waals surface area contributed by atoms with E-state index >= 15 is 0 Å². The summed E-state index contributed by atoms with van der Waals surface area (Å²) in [6, 6.07) is 11.8. The van der Waals surface area contributed by atoms with Gasteiger partial charge in [0.25, 0.3) is 0 Å². The fourth-order valence-corrected chi connectivity index (χ4v) is 3.29. The Morgan fingerprint density at radius 1 is 1.29 bits per heavy atom. The van der Waals surface area contributed by atoms with Crippen molar-refractivity contribution in [1.29, 1.82) is 0 Å². The number of furan rings is 1. The van der Waals surface area contributed by atoms with Crippen LogP contribution in [0.3, 0.4) is 0 Å². The molecule has 3 aromatic rings. The summed E-state index contributed by atoms with van der Waals surface area (Å²) in [6.07, 6.45) is 1.86. The van der Waals surface area contributed by atoms with Crippen LogP contribution in [0, 0.1) is 6.92 Å². The largest absolute Gasteiger partial charge is 0.467 e. The quantitative estimate of drug-likeness (QED) is 0.589. The lowest BCUT2D eigenvalue weighted by Gasteiger charge is -2.18. The van der Waals surface area contributed by atoms with Crippen LogP contribution in [0.5, 0.6) is 0 Å². The minimum Gasteiger partial charge on any atom is -0.467 e. The minimum absolute atomic E-state index is 0.0637. The number of rotatable bonds is 6. The summed E-state index contributed by atoms with van der Waals surface area (Å²) in [4.78, 5) is 18.7. The molecule has 1 amide bonds. The van der Waals surface area contributed by atoms with E-state index < -0.39 is 0 Å². The number of hydrogen-bond acceptors (Lipinski definition) is 4. The van der Waals surface area contributed by atoms with Gasteiger partial charge in [-0.1, -0.05) is 29.8 Å². The van der Waals surface area contributed by atoms with Crippen LogP contribution in [-0.4, -0.2) is 16.8 Å². The summed E-state index contributed by atoms with van der Waals surface area (Å²) in [6.45, 7) is 2.40. The third-order valence-corrected chi connectivity index (χ3v) is 4.63. The Morgan fingerprint density at radius 3 is 2.75 bits per heavy atom. The zero-order valence-electron chi connectivity index (χ0n) is 13.2. The van der Waals surface area contributed by atoms with E-state index in [1.807, 2.05) is 42.6 Å². The predicted molar refractivity (Wildman–Crippen MR) is 97.5 cm³/mol. The Bertz CT molecular complexity index is 797. The molecule has 0 aliphatic carbocycles. The number of halogens is 1. The number of alkyl halides is 1. The molecule has 0 atom stereocenters. The third-order valence-electron chi connectivity index (χ3n) is 3.57. The molecule has 0 N–H and O–H groups in total. The summed E-state index contributed by atoms with van der Waals surface area (Å²) in [5, 5.41) is 2.61. The Hall–Kier alpha value is -2.11. The molecule has 0 unspecified atom stereocenters. The van der Waals surface area contributed by atoms with Crippen molar-refractivity contribution in [3.63, 3.8) is 0 Å². The number of aryl methyl sites for hydroxylation is 1. The summed E-state index contributed by atoms with van der Waals surface area (Å²) < 4.78 is 5.37. The van der Waals surface area contributed by atoms with Crippen LogP contribution in [0.15, 0.2) is 52.5 Å². The van der Waals surface area contributed by atoms with Gasteiger partial charge in [-0.15, -0.1) is 22.9 Å². The Morgan fingerprint density at radius 2 is 2.08 bits per heavy atom. The predicted octanol–water partition coefficient (Wildman–Crippen LogP) is 4.87. The van der Waals surface area contributed by atoms with Crippen molar-refractivity contribution in [3.05, 3.63) is 59.4 Å². The number of amides is 1. The van der Waals surface area contributed by atoms with E-state index in [9.17, 15) is 4.79 Å². The molecule has 0 radical (unpaired) electrons. The van der Waals surface area contributed by atoms with Gasteiger partial charge in [-0.2, -0.15) is 0 Å². The van der Waals surface area contributed by atoms with Gasteiger partial charge < -0.3 is 4.42 Å². The Balaban J connectivity index is 1.87. The van der Waals surface area contributed by atoms with Crippen LogP contribution < -0.4 is 4.90 Å². The van der Waals surface area contributed by atoms with Crippen molar-refractivity contribution >= 4 is 34.0 Å². The second-order valence-corrected chi connectivity index (χ2v) is 6.59. The van der Waals surface area contributed by atoms with Crippen molar-refractivity contribution in [3.8, 4) is 11.3 Å². The molecule has 2 aromatic heterocycles. The SMILES string of the molecule is Cc1ccc(-c2csc(N(Cc3ccco3)C(=O)CCCl)n2)cc1. The number of anilines is 1. The highest BCUT2D eigenvalue weighted by molar-refractivity contribution is 7.14. The van der Waals surface area contributed by atoms with E-state index in [1.165, 1.54) is 16.9 Å². The molecule has 0 saturated heterocycles. The lowest BCUT2D eigenvalue weighted by molar-refractivity contribution is -0.118. The van der Waals surface area contributed by atoms with Crippen LogP contribution in [0.25, 0.3) is 11.3 Å². The zero-order valence-corrected chi connectivity index (χ0v) is 14.8. The summed E-state index contributed by atoms with van der Waals surface area (Å²) >= 11 is 7.18. The van der Waals surface area contributed by atoms with Gasteiger partial charge >= 0.3 is 0 Å². The first-order valence-electron chi connectivity index (χ1n) is 7.58. The van der Waals surface area contributed by atoms with E-state index in [4.69, 9.17) is 16.0 Å². The number of benzene rings is 1. The van der Waals surface area contributed by atoms with E-state index in [0.29, 0.717) is 17.4 Å². The number of carbonyl (C=O) groups is 1. The molecule has 0 aliphatic rings. The van der Waals surface area contributed by atoms with Gasteiger partial charge in [-0.3, -0.25) is 9.69 Å². The molecule has 1 aromatic carbocycles.